The van der Waals surface area contributed by atoms with Crippen LogP contribution in [0.3, 0.4) is 0 Å². The van der Waals surface area contributed by atoms with Crippen LogP contribution in [0.2, 0.25) is 0 Å². The van der Waals surface area contributed by atoms with E-state index in [9.17, 15) is 0 Å². The lowest BCUT2D eigenvalue weighted by Crippen LogP contribution is -2.03. The van der Waals surface area contributed by atoms with E-state index in [-0.39, 0.29) is 0 Å². The van der Waals surface area contributed by atoms with Gasteiger partial charge in [0.15, 0.2) is 0 Å². The molecule has 0 saturated carbocycles. The van der Waals surface area contributed by atoms with Crippen LogP contribution in [-0.4, -0.2) is 21.3 Å². The molecule has 2 aromatic heterocycles. The summed E-state index contributed by atoms with van der Waals surface area (Å²) >= 11 is 3.37. The zero-order chi connectivity index (χ0) is 11.4. The van der Waals surface area contributed by atoms with Crippen molar-refractivity contribution in [2.24, 2.45) is 0 Å². The number of hydrogen-bond acceptors (Lipinski definition) is 3. The number of hydrogen-bond donors (Lipinski definition) is 1. The Balaban J connectivity index is 2.12. The highest BCUT2D eigenvalue weighted by molar-refractivity contribution is 9.10. The highest BCUT2D eigenvalue weighted by atomic mass is 79.9. The third-order valence-electron chi connectivity index (χ3n) is 2.12. The van der Waals surface area contributed by atoms with Gasteiger partial charge in [-0.2, -0.15) is 5.10 Å². The first kappa shape index (κ1) is 11.1. The molecule has 0 atom stereocenters. The maximum atomic E-state index is 4.31. The van der Waals surface area contributed by atoms with E-state index in [0.29, 0.717) is 6.54 Å². The van der Waals surface area contributed by atoms with E-state index < -0.39 is 0 Å². The molecule has 0 amide bonds. The standard InChI is InChI=1S/C11H13BrN4/c1-2-13-10-3-4-14-11(5-10)8-16-7-9(12)6-15-16/h3-7H,2,8H2,1H3,(H,13,14). The van der Waals surface area contributed by atoms with Crippen molar-refractivity contribution in [3.63, 3.8) is 0 Å². The molecular formula is C11H13BrN4. The Morgan fingerprint density at radius 3 is 3.06 bits per heavy atom. The number of anilines is 1. The van der Waals surface area contributed by atoms with Crippen LogP contribution in [0.5, 0.6) is 0 Å². The van der Waals surface area contributed by atoms with Crippen LogP contribution < -0.4 is 5.32 Å². The molecule has 0 aromatic carbocycles. The zero-order valence-corrected chi connectivity index (χ0v) is 10.6. The molecule has 0 radical (unpaired) electrons. The summed E-state index contributed by atoms with van der Waals surface area (Å²) in [6, 6.07) is 4.01. The fourth-order valence-electron chi connectivity index (χ4n) is 1.47. The van der Waals surface area contributed by atoms with Crippen LogP contribution in [0.15, 0.2) is 35.2 Å². The van der Waals surface area contributed by atoms with Crippen molar-refractivity contribution in [1.29, 1.82) is 0 Å². The average Bonchev–Trinajstić information content (AvgIpc) is 2.65. The molecule has 0 spiro atoms. The van der Waals surface area contributed by atoms with E-state index in [0.717, 1.165) is 22.4 Å². The average molecular weight is 281 g/mol. The smallest absolute Gasteiger partial charge is 0.0832 e. The molecule has 0 bridgehead atoms. The molecule has 2 rings (SSSR count). The summed E-state index contributed by atoms with van der Waals surface area (Å²) in [6.07, 6.45) is 5.52. The van der Waals surface area contributed by atoms with Gasteiger partial charge in [0.25, 0.3) is 0 Å². The van der Waals surface area contributed by atoms with Crippen molar-refractivity contribution in [3.8, 4) is 0 Å². The monoisotopic (exact) mass is 280 g/mol. The quantitative estimate of drug-likeness (QED) is 0.936. The summed E-state index contributed by atoms with van der Waals surface area (Å²) in [5.74, 6) is 0. The van der Waals surface area contributed by atoms with Gasteiger partial charge in [-0.3, -0.25) is 9.67 Å². The second-order valence-corrected chi connectivity index (χ2v) is 4.34. The number of nitrogens with zero attached hydrogens (tertiary/aromatic N) is 3. The van der Waals surface area contributed by atoms with Gasteiger partial charge in [0.05, 0.1) is 22.9 Å². The number of halogens is 1. The van der Waals surface area contributed by atoms with Gasteiger partial charge < -0.3 is 5.32 Å². The number of nitrogens with one attached hydrogen (secondary N) is 1. The number of aromatic nitrogens is 3. The molecule has 0 unspecified atom stereocenters. The highest BCUT2D eigenvalue weighted by Crippen LogP contribution is 2.11. The largest absolute Gasteiger partial charge is 0.385 e. The van der Waals surface area contributed by atoms with E-state index in [2.05, 4.69) is 38.3 Å². The van der Waals surface area contributed by atoms with Crippen molar-refractivity contribution >= 4 is 21.6 Å². The summed E-state index contributed by atoms with van der Waals surface area (Å²) in [7, 11) is 0. The van der Waals surface area contributed by atoms with Gasteiger partial charge in [0.1, 0.15) is 0 Å². The first-order valence-corrected chi connectivity index (χ1v) is 5.94. The Morgan fingerprint density at radius 1 is 1.50 bits per heavy atom. The van der Waals surface area contributed by atoms with Crippen molar-refractivity contribution < 1.29 is 0 Å². The van der Waals surface area contributed by atoms with Gasteiger partial charge >= 0.3 is 0 Å². The Bertz CT molecular complexity index is 467. The Kier molecular flexibility index (Phi) is 3.56. The van der Waals surface area contributed by atoms with Crippen LogP contribution in [0.4, 0.5) is 5.69 Å². The topological polar surface area (TPSA) is 42.7 Å². The van der Waals surface area contributed by atoms with Gasteiger partial charge in [-0.05, 0) is 35.0 Å². The van der Waals surface area contributed by atoms with Crippen LogP contribution in [0.25, 0.3) is 0 Å². The van der Waals surface area contributed by atoms with Crippen molar-refractivity contribution in [1.82, 2.24) is 14.8 Å². The summed E-state index contributed by atoms with van der Waals surface area (Å²) in [6.45, 7) is 3.67. The highest BCUT2D eigenvalue weighted by Gasteiger charge is 2.00. The zero-order valence-electron chi connectivity index (χ0n) is 9.02. The molecular weight excluding hydrogens is 268 g/mol. The molecule has 5 heteroatoms. The van der Waals surface area contributed by atoms with E-state index in [1.807, 2.05) is 29.2 Å². The van der Waals surface area contributed by atoms with Crippen molar-refractivity contribution in [2.75, 3.05) is 11.9 Å². The maximum Gasteiger partial charge on any atom is 0.0832 e. The Morgan fingerprint density at radius 2 is 2.38 bits per heavy atom. The second kappa shape index (κ2) is 5.12. The van der Waals surface area contributed by atoms with Crippen LogP contribution in [0.1, 0.15) is 12.6 Å². The molecule has 0 aliphatic rings. The Labute approximate surface area is 103 Å². The minimum Gasteiger partial charge on any atom is -0.385 e. The van der Waals surface area contributed by atoms with Gasteiger partial charge in [0, 0.05) is 24.6 Å². The van der Waals surface area contributed by atoms with Gasteiger partial charge in [-0.1, -0.05) is 0 Å². The van der Waals surface area contributed by atoms with Crippen LogP contribution >= 0.6 is 15.9 Å². The van der Waals surface area contributed by atoms with Crippen molar-refractivity contribution in [3.05, 3.63) is 40.9 Å². The number of pyridine rings is 1. The lowest BCUT2D eigenvalue weighted by atomic mass is 10.3. The molecule has 84 valence electrons. The molecule has 0 fully saturated rings. The fourth-order valence-corrected chi connectivity index (χ4v) is 1.80. The van der Waals surface area contributed by atoms with Gasteiger partial charge in [0.2, 0.25) is 0 Å². The summed E-state index contributed by atoms with van der Waals surface area (Å²) < 4.78 is 2.83. The van der Waals surface area contributed by atoms with E-state index in [1.54, 1.807) is 6.20 Å². The molecule has 0 aliphatic heterocycles. The van der Waals surface area contributed by atoms with E-state index in [4.69, 9.17) is 0 Å². The third kappa shape index (κ3) is 2.82. The lowest BCUT2D eigenvalue weighted by molar-refractivity contribution is 0.672. The normalized spacial score (nSPS) is 10.4. The SMILES string of the molecule is CCNc1ccnc(Cn2cc(Br)cn2)c1. The summed E-state index contributed by atoms with van der Waals surface area (Å²) in [5.41, 5.74) is 2.09. The maximum absolute atomic E-state index is 4.31. The fraction of sp³-hybridized carbons (Fsp3) is 0.273. The van der Waals surface area contributed by atoms with Crippen LogP contribution in [0, 0.1) is 0 Å². The molecule has 16 heavy (non-hydrogen) atoms. The predicted molar refractivity (Wildman–Crippen MR) is 67.4 cm³/mol. The molecule has 2 aromatic rings. The molecule has 1 N–H and O–H groups in total. The molecule has 0 saturated heterocycles. The summed E-state index contributed by atoms with van der Waals surface area (Å²) in [5, 5.41) is 7.46. The summed E-state index contributed by atoms with van der Waals surface area (Å²) in [4.78, 5) is 4.31. The molecule has 0 aliphatic carbocycles. The molecule has 2 heterocycles. The van der Waals surface area contributed by atoms with Crippen molar-refractivity contribution in [2.45, 2.75) is 13.5 Å². The minimum absolute atomic E-state index is 0.685. The predicted octanol–water partition coefficient (Wildman–Crippen LogP) is 2.52. The second-order valence-electron chi connectivity index (χ2n) is 3.42. The molecule has 4 nitrogen and oxygen atoms in total. The van der Waals surface area contributed by atoms with E-state index in [1.165, 1.54) is 0 Å². The first-order chi connectivity index (χ1) is 7.78. The lowest BCUT2D eigenvalue weighted by Gasteiger charge is -2.05. The van der Waals surface area contributed by atoms with Gasteiger partial charge in [-0.25, -0.2) is 0 Å². The third-order valence-corrected chi connectivity index (χ3v) is 2.53. The first-order valence-electron chi connectivity index (χ1n) is 5.14. The number of rotatable bonds is 4. The van der Waals surface area contributed by atoms with Gasteiger partial charge in [-0.15, -0.1) is 0 Å². The minimum atomic E-state index is 0.685. The van der Waals surface area contributed by atoms with Crippen LogP contribution in [-0.2, 0) is 6.54 Å². The van der Waals surface area contributed by atoms with E-state index >= 15 is 0 Å². The Hall–Kier alpha value is -1.36.